The number of fused-ring (bicyclic) bond motifs is 1. The average Bonchev–Trinajstić information content (AvgIpc) is 2.35. The van der Waals surface area contributed by atoms with Crippen LogP contribution in [0.5, 0.6) is 0 Å². The maximum absolute atomic E-state index is 11.1. The molecule has 0 unspecified atom stereocenters. The van der Waals surface area contributed by atoms with Gasteiger partial charge in [0.25, 0.3) is 0 Å². The highest BCUT2D eigenvalue weighted by Crippen LogP contribution is 2.17. The maximum atomic E-state index is 11.1. The van der Waals surface area contributed by atoms with Crippen LogP contribution in [0.15, 0.2) is 30.5 Å². The quantitative estimate of drug-likeness (QED) is 0.759. The molecule has 1 aromatic heterocycles. The predicted octanol–water partition coefficient (Wildman–Crippen LogP) is 2.65. The van der Waals surface area contributed by atoms with Crippen molar-refractivity contribution in [3.63, 3.8) is 0 Å². The number of carbonyl (C=O) groups excluding carboxylic acids is 1. The molecule has 0 saturated heterocycles. The number of esters is 1. The molecule has 2 aromatic rings. The van der Waals surface area contributed by atoms with Crippen molar-refractivity contribution < 1.29 is 9.53 Å². The normalized spacial score (nSPS) is 10.5. The van der Waals surface area contributed by atoms with Gasteiger partial charge in [0, 0.05) is 23.7 Å². The number of methoxy groups -OCH3 is 1. The molecule has 0 fully saturated rings. The van der Waals surface area contributed by atoms with E-state index in [1.165, 1.54) is 12.5 Å². The van der Waals surface area contributed by atoms with Crippen LogP contribution in [-0.4, -0.2) is 18.1 Å². The Bertz CT molecular complexity index is 549. The lowest BCUT2D eigenvalue weighted by molar-refractivity contribution is -0.140. The highest BCUT2D eigenvalue weighted by molar-refractivity contribution is 5.82. The molecule has 1 heterocycles. The fraction of sp³-hybridized carbons (Fsp3) is 0.286. The molecule has 17 heavy (non-hydrogen) atoms. The first-order valence-electron chi connectivity index (χ1n) is 5.61. The summed E-state index contributed by atoms with van der Waals surface area (Å²) in [6, 6.07) is 8.22. The van der Waals surface area contributed by atoms with E-state index in [0.29, 0.717) is 12.8 Å². The van der Waals surface area contributed by atoms with Crippen LogP contribution < -0.4 is 0 Å². The van der Waals surface area contributed by atoms with E-state index in [0.717, 1.165) is 16.6 Å². The molecule has 0 N–H and O–H groups in total. The monoisotopic (exact) mass is 229 g/mol. The lowest BCUT2D eigenvalue weighted by atomic mass is 10.0. The van der Waals surface area contributed by atoms with E-state index in [-0.39, 0.29) is 5.97 Å². The van der Waals surface area contributed by atoms with Crippen molar-refractivity contribution >= 4 is 16.7 Å². The summed E-state index contributed by atoms with van der Waals surface area (Å²) in [7, 11) is 1.41. The summed E-state index contributed by atoms with van der Waals surface area (Å²) in [5, 5.41) is 2.29. The van der Waals surface area contributed by atoms with Gasteiger partial charge in [-0.05, 0) is 30.4 Å². The molecular formula is C14H15NO2. The van der Waals surface area contributed by atoms with Gasteiger partial charge in [0.15, 0.2) is 0 Å². The third-order valence-electron chi connectivity index (χ3n) is 2.77. The summed E-state index contributed by atoms with van der Waals surface area (Å²) in [5.74, 6) is -0.170. The summed E-state index contributed by atoms with van der Waals surface area (Å²) < 4.78 is 4.63. The molecule has 0 atom stereocenters. The number of ether oxygens (including phenoxy) is 1. The molecule has 0 saturated carbocycles. The van der Waals surface area contributed by atoms with Gasteiger partial charge in [0.1, 0.15) is 0 Å². The van der Waals surface area contributed by atoms with Crippen molar-refractivity contribution in [2.75, 3.05) is 7.11 Å². The van der Waals surface area contributed by atoms with Crippen LogP contribution in [0.25, 0.3) is 10.8 Å². The van der Waals surface area contributed by atoms with Crippen LogP contribution in [-0.2, 0) is 16.0 Å². The van der Waals surface area contributed by atoms with Crippen LogP contribution in [0.1, 0.15) is 17.7 Å². The van der Waals surface area contributed by atoms with Gasteiger partial charge in [-0.15, -0.1) is 0 Å². The van der Waals surface area contributed by atoms with Crippen molar-refractivity contribution in [2.24, 2.45) is 0 Å². The van der Waals surface area contributed by atoms with Crippen LogP contribution in [0, 0.1) is 6.92 Å². The zero-order chi connectivity index (χ0) is 12.3. The summed E-state index contributed by atoms with van der Waals surface area (Å²) in [4.78, 5) is 15.3. The van der Waals surface area contributed by atoms with Crippen molar-refractivity contribution in [2.45, 2.75) is 19.8 Å². The molecule has 3 nitrogen and oxygen atoms in total. The van der Waals surface area contributed by atoms with Gasteiger partial charge in [0.2, 0.25) is 0 Å². The Morgan fingerprint density at radius 1 is 1.29 bits per heavy atom. The second-order valence-corrected chi connectivity index (χ2v) is 4.08. The minimum atomic E-state index is -0.170. The largest absolute Gasteiger partial charge is 0.469 e. The van der Waals surface area contributed by atoms with Crippen LogP contribution >= 0.6 is 0 Å². The molecule has 0 aliphatic rings. The molecule has 0 radical (unpaired) electrons. The number of aryl methyl sites for hydroxylation is 2. The van der Waals surface area contributed by atoms with E-state index in [2.05, 4.69) is 21.9 Å². The third-order valence-corrected chi connectivity index (χ3v) is 2.77. The Hall–Kier alpha value is -1.90. The average molecular weight is 229 g/mol. The fourth-order valence-electron chi connectivity index (χ4n) is 1.80. The maximum Gasteiger partial charge on any atom is 0.305 e. The number of hydrogen-bond donors (Lipinski definition) is 0. The molecule has 3 heteroatoms. The summed E-state index contributed by atoms with van der Waals surface area (Å²) in [6.45, 7) is 1.97. The van der Waals surface area contributed by atoms with E-state index in [4.69, 9.17) is 0 Å². The summed E-state index contributed by atoms with van der Waals surface area (Å²) >= 11 is 0. The minimum Gasteiger partial charge on any atom is -0.469 e. The first-order valence-corrected chi connectivity index (χ1v) is 5.61. The number of carbonyl (C=O) groups is 1. The van der Waals surface area contributed by atoms with Crippen LogP contribution in [0.3, 0.4) is 0 Å². The third kappa shape index (κ3) is 2.81. The van der Waals surface area contributed by atoms with Crippen molar-refractivity contribution in [1.82, 2.24) is 4.98 Å². The first kappa shape index (κ1) is 11.6. The Kier molecular flexibility index (Phi) is 3.38. The first-order chi connectivity index (χ1) is 8.19. The van der Waals surface area contributed by atoms with Gasteiger partial charge in [-0.3, -0.25) is 9.78 Å². The molecule has 0 aliphatic carbocycles. The lowest BCUT2D eigenvalue weighted by Crippen LogP contribution is -2.01. The smallest absolute Gasteiger partial charge is 0.305 e. The Morgan fingerprint density at radius 2 is 2.12 bits per heavy atom. The van der Waals surface area contributed by atoms with Gasteiger partial charge in [-0.2, -0.15) is 0 Å². The highest BCUT2D eigenvalue weighted by Gasteiger charge is 2.02. The van der Waals surface area contributed by atoms with Gasteiger partial charge < -0.3 is 4.74 Å². The van der Waals surface area contributed by atoms with Crippen LogP contribution in [0.4, 0.5) is 0 Å². The molecule has 0 bridgehead atoms. The van der Waals surface area contributed by atoms with Crippen molar-refractivity contribution in [3.8, 4) is 0 Å². The summed E-state index contributed by atoms with van der Waals surface area (Å²) in [6.07, 6.45) is 3.00. The number of pyridine rings is 1. The number of nitrogens with zero attached hydrogens (tertiary/aromatic N) is 1. The molecule has 88 valence electrons. The Morgan fingerprint density at radius 3 is 2.88 bits per heavy atom. The second-order valence-electron chi connectivity index (χ2n) is 4.08. The topological polar surface area (TPSA) is 39.2 Å². The van der Waals surface area contributed by atoms with E-state index in [1.54, 1.807) is 0 Å². The molecule has 1 aromatic carbocycles. The van der Waals surface area contributed by atoms with E-state index in [1.807, 2.05) is 25.3 Å². The number of hydrogen-bond acceptors (Lipinski definition) is 3. The lowest BCUT2D eigenvalue weighted by Gasteiger charge is -2.04. The van der Waals surface area contributed by atoms with Crippen molar-refractivity contribution in [1.29, 1.82) is 0 Å². The SMILES string of the molecule is COC(=O)CCc1ccc2cnc(C)cc2c1. The minimum absolute atomic E-state index is 0.170. The molecule has 0 amide bonds. The highest BCUT2D eigenvalue weighted by atomic mass is 16.5. The number of aromatic nitrogens is 1. The number of rotatable bonds is 3. The van der Waals surface area contributed by atoms with Gasteiger partial charge in [-0.25, -0.2) is 0 Å². The van der Waals surface area contributed by atoms with Crippen molar-refractivity contribution in [3.05, 3.63) is 41.7 Å². The standard InChI is InChI=1S/C14H15NO2/c1-10-7-13-8-11(4-6-14(16)17-2)3-5-12(13)9-15-10/h3,5,7-9H,4,6H2,1-2H3. The van der Waals surface area contributed by atoms with Gasteiger partial charge in [-0.1, -0.05) is 18.2 Å². The van der Waals surface area contributed by atoms with E-state index in [9.17, 15) is 4.79 Å². The second kappa shape index (κ2) is 4.95. The molecule has 0 spiro atoms. The zero-order valence-electron chi connectivity index (χ0n) is 10.1. The molecule has 0 aliphatic heterocycles. The Balaban J connectivity index is 2.22. The molecule has 2 rings (SSSR count). The van der Waals surface area contributed by atoms with Gasteiger partial charge >= 0.3 is 5.97 Å². The predicted molar refractivity (Wildman–Crippen MR) is 66.8 cm³/mol. The number of benzene rings is 1. The zero-order valence-corrected chi connectivity index (χ0v) is 10.1. The van der Waals surface area contributed by atoms with E-state index < -0.39 is 0 Å². The van der Waals surface area contributed by atoms with Gasteiger partial charge in [0.05, 0.1) is 7.11 Å². The van der Waals surface area contributed by atoms with Crippen LogP contribution in [0.2, 0.25) is 0 Å². The molecular weight excluding hydrogens is 214 g/mol. The van der Waals surface area contributed by atoms with E-state index >= 15 is 0 Å². The summed E-state index contributed by atoms with van der Waals surface area (Å²) in [5.41, 5.74) is 2.15. The fourth-order valence-corrected chi connectivity index (χ4v) is 1.80. The Labute approximate surface area is 100 Å².